The second-order valence-electron chi connectivity index (χ2n) is 5.54. The number of piperidine rings is 1. The first-order chi connectivity index (χ1) is 9.29. The van der Waals surface area contributed by atoms with Crippen molar-refractivity contribution in [1.82, 2.24) is 20.0 Å². The van der Waals surface area contributed by atoms with E-state index in [2.05, 4.69) is 15.6 Å². The fourth-order valence-electron chi connectivity index (χ4n) is 3.32. The summed E-state index contributed by atoms with van der Waals surface area (Å²) in [5, 5.41) is 6.60. The molecule has 2 N–H and O–H groups in total. The number of aromatic nitrogens is 2. The Bertz CT molecular complexity index is 635. The molecule has 1 aliphatic heterocycles. The van der Waals surface area contributed by atoms with E-state index in [9.17, 15) is 4.79 Å². The van der Waals surface area contributed by atoms with E-state index in [1.165, 1.54) is 6.42 Å². The fraction of sp³-hybridized carbons (Fsp3) is 0.429. The van der Waals surface area contributed by atoms with Crippen LogP contribution in [0.4, 0.5) is 0 Å². The lowest BCUT2D eigenvalue weighted by Crippen LogP contribution is -2.47. The molecular weight excluding hydrogens is 240 g/mol. The lowest BCUT2D eigenvalue weighted by molar-refractivity contribution is 0.0928. The van der Waals surface area contributed by atoms with Crippen molar-refractivity contribution >= 4 is 11.6 Å². The van der Waals surface area contributed by atoms with Crippen molar-refractivity contribution in [2.45, 2.75) is 24.9 Å². The third kappa shape index (κ3) is 1.81. The van der Waals surface area contributed by atoms with E-state index in [0.717, 1.165) is 24.5 Å². The van der Waals surface area contributed by atoms with E-state index < -0.39 is 0 Å². The summed E-state index contributed by atoms with van der Waals surface area (Å²) >= 11 is 0. The van der Waals surface area contributed by atoms with Crippen molar-refractivity contribution in [2.75, 3.05) is 6.54 Å². The van der Waals surface area contributed by atoms with Crippen LogP contribution in [0.25, 0.3) is 5.65 Å². The van der Waals surface area contributed by atoms with Crippen molar-refractivity contribution < 1.29 is 4.79 Å². The Morgan fingerprint density at radius 1 is 1.42 bits per heavy atom. The summed E-state index contributed by atoms with van der Waals surface area (Å²) in [5.74, 6) is 0.745. The van der Waals surface area contributed by atoms with Crippen LogP contribution in [0.3, 0.4) is 0 Å². The zero-order valence-corrected chi connectivity index (χ0v) is 10.5. The molecule has 0 radical (unpaired) electrons. The van der Waals surface area contributed by atoms with Gasteiger partial charge in [-0.15, -0.1) is 0 Å². The molecule has 1 aliphatic carbocycles. The highest BCUT2D eigenvalue weighted by atomic mass is 16.1. The van der Waals surface area contributed by atoms with E-state index in [-0.39, 0.29) is 11.9 Å². The number of carbonyl (C=O) groups is 1. The lowest BCUT2D eigenvalue weighted by Gasteiger charge is -2.23. The number of carbonyl (C=O) groups excluding carboxylic acids is 1. The molecular formula is C14H16N4O. The SMILES string of the molecule is O=C(N[C@@H]1C[C@H]2CN[C@H]1C2)c1ccn2ccnc2c1. The van der Waals surface area contributed by atoms with Gasteiger partial charge in [0.05, 0.1) is 0 Å². The van der Waals surface area contributed by atoms with Gasteiger partial charge in [0.2, 0.25) is 0 Å². The molecule has 2 aromatic heterocycles. The number of imidazole rings is 1. The van der Waals surface area contributed by atoms with E-state index in [1.54, 1.807) is 6.20 Å². The molecule has 5 heteroatoms. The molecule has 2 aliphatic rings. The summed E-state index contributed by atoms with van der Waals surface area (Å²) in [5.41, 5.74) is 1.49. The summed E-state index contributed by atoms with van der Waals surface area (Å²) in [6.45, 7) is 1.11. The second kappa shape index (κ2) is 4.06. The molecule has 98 valence electrons. The molecule has 2 fully saturated rings. The number of nitrogens with one attached hydrogen (secondary N) is 2. The quantitative estimate of drug-likeness (QED) is 0.836. The molecule has 5 nitrogen and oxygen atoms in total. The van der Waals surface area contributed by atoms with Gasteiger partial charge in [-0.2, -0.15) is 0 Å². The first-order valence-electron chi connectivity index (χ1n) is 6.76. The largest absolute Gasteiger partial charge is 0.348 e. The molecule has 0 spiro atoms. The molecule has 2 bridgehead atoms. The maximum Gasteiger partial charge on any atom is 0.251 e. The minimum absolute atomic E-state index is 0.00449. The van der Waals surface area contributed by atoms with Gasteiger partial charge in [-0.25, -0.2) is 4.98 Å². The number of hydrogen-bond donors (Lipinski definition) is 2. The standard InChI is InChI=1S/C14H16N4O/c19-14(17-12-6-9-5-11(12)16-8-9)10-1-3-18-4-2-15-13(18)7-10/h1-4,7,9,11-12,16H,5-6,8H2,(H,17,19)/t9-,11-,12+/m0/s1. The van der Waals surface area contributed by atoms with Crippen LogP contribution in [0.1, 0.15) is 23.2 Å². The van der Waals surface area contributed by atoms with Gasteiger partial charge in [0.15, 0.2) is 0 Å². The van der Waals surface area contributed by atoms with Crippen LogP contribution in [-0.4, -0.2) is 33.9 Å². The second-order valence-corrected chi connectivity index (χ2v) is 5.54. The summed E-state index contributed by atoms with van der Waals surface area (Å²) in [4.78, 5) is 16.5. The molecule has 2 aromatic rings. The molecule has 19 heavy (non-hydrogen) atoms. The number of nitrogens with zero attached hydrogens (tertiary/aromatic N) is 2. The van der Waals surface area contributed by atoms with Crippen molar-refractivity contribution in [2.24, 2.45) is 5.92 Å². The Balaban J connectivity index is 1.53. The van der Waals surface area contributed by atoms with Gasteiger partial charge in [-0.1, -0.05) is 0 Å². The lowest BCUT2D eigenvalue weighted by atomic mass is 10.1. The van der Waals surface area contributed by atoms with Gasteiger partial charge in [0.1, 0.15) is 5.65 Å². The number of pyridine rings is 1. The number of rotatable bonds is 2. The first kappa shape index (κ1) is 11.0. The van der Waals surface area contributed by atoms with Gasteiger partial charge in [0, 0.05) is 36.2 Å². The van der Waals surface area contributed by atoms with Crippen LogP contribution in [0.15, 0.2) is 30.7 Å². The van der Waals surface area contributed by atoms with Crippen LogP contribution in [-0.2, 0) is 0 Å². The smallest absolute Gasteiger partial charge is 0.251 e. The van der Waals surface area contributed by atoms with E-state index in [0.29, 0.717) is 11.6 Å². The maximum atomic E-state index is 12.3. The molecule has 3 atom stereocenters. The normalized spacial score (nSPS) is 28.9. The van der Waals surface area contributed by atoms with Gasteiger partial charge in [-0.3, -0.25) is 4.79 Å². The van der Waals surface area contributed by atoms with Gasteiger partial charge >= 0.3 is 0 Å². The highest BCUT2D eigenvalue weighted by Crippen LogP contribution is 2.31. The average Bonchev–Trinajstić information content (AvgIpc) is 3.13. The molecule has 4 rings (SSSR count). The van der Waals surface area contributed by atoms with Crippen LogP contribution in [0, 0.1) is 5.92 Å². The zero-order valence-electron chi connectivity index (χ0n) is 10.5. The Hall–Kier alpha value is -1.88. The van der Waals surface area contributed by atoms with Gasteiger partial charge < -0.3 is 15.0 Å². The van der Waals surface area contributed by atoms with Crippen LogP contribution in [0.5, 0.6) is 0 Å². The fourth-order valence-corrected chi connectivity index (χ4v) is 3.32. The van der Waals surface area contributed by atoms with Crippen LogP contribution >= 0.6 is 0 Å². The number of hydrogen-bond acceptors (Lipinski definition) is 3. The van der Waals surface area contributed by atoms with Crippen molar-refractivity contribution in [3.63, 3.8) is 0 Å². The van der Waals surface area contributed by atoms with Crippen LogP contribution in [0.2, 0.25) is 0 Å². The predicted octanol–water partition coefficient (Wildman–Crippen LogP) is 0.814. The average molecular weight is 256 g/mol. The summed E-state index contributed by atoms with van der Waals surface area (Å²) in [6.07, 6.45) is 7.78. The summed E-state index contributed by atoms with van der Waals surface area (Å²) in [6, 6.07) is 4.41. The Labute approximate surface area is 111 Å². The molecule has 3 heterocycles. The number of amides is 1. The summed E-state index contributed by atoms with van der Waals surface area (Å²) in [7, 11) is 0. The van der Waals surface area contributed by atoms with Crippen LogP contribution < -0.4 is 10.6 Å². The van der Waals surface area contributed by atoms with Gasteiger partial charge in [-0.05, 0) is 37.4 Å². The van der Waals surface area contributed by atoms with Crippen molar-refractivity contribution in [1.29, 1.82) is 0 Å². The molecule has 1 saturated carbocycles. The monoisotopic (exact) mass is 256 g/mol. The topological polar surface area (TPSA) is 58.4 Å². The highest BCUT2D eigenvalue weighted by Gasteiger charge is 2.39. The predicted molar refractivity (Wildman–Crippen MR) is 71.0 cm³/mol. The van der Waals surface area contributed by atoms with E-state index in [4.69, 9.17) is 0 Å². The van der Waals surface area contributed by atoms with E-state index >= 15 is 0 Å². The van der Waals surface area contributed by atoms with Crippen molar-refractivity contribution in [3.05, 3.63) is 36.3 Å². The minimum Gasteiger partial charge on any atom is -0.348 e. The maximum absolute atomic E-state index is 12.3. The third-order valence-electron chi connectivity index (χ3n) is 4.31. The molecule has 0 unspecified atom stereocenters. The molecule has 0 aromatic carbocycles. The Kier molecular flexibility index (Phi) is 2.35. The summed E-state index contributed by atoms with van der Waals surface area (Å²) < 4.78 is 1.90. The highest BCUT2D eigenvalue weighted by molar-refractivity contribution is 5.95. The number of fused-ring (bicyclic) bond motifs is 3. The van der Waals surface area contributed by atoms with Gasteiger partial charge in [0.25, 0.3) is 5.91 Å². The van der Waals surface area contributed by atoms with E-state index in [1.807, 2.05) is 28.9 Å². The first-order valence-corrected chi connectivity index (χ1v) is 6.76. The third-order valence-corrected chi connectivity index (χ3v) is 4.31. The molecule has 1 amide bonds. The Morgan fingerprint density at radius 3 is 3.16 bits per heavy atom. The molecule has 1 saturated heterocycles. The Morgan fingerprint density at radius 2 is 2.37 bits per heavy atom. The zero-order chi connectivity index (χ0) is 12.8. The van der Waals surface area contributed by atoms with Crippen molar-refractivity contribution in [3.8, 4) is 0 Å². The minimum atomic E-state index is 0.00449.